The van der Waals surface area contributed by atoms with E-state index in [1.807, 2.05) is 19.1 Å². The standard InChI is InChI=1S/C13H14N4O/c1-10(11-4-2-6-14-8-11)16-13(18)17-12-5-3-7-15-9-12/h2-10H,1H3,(H2,16,17,18). The molecule has 0 aromatic carbocycles. The van der Waals surface area contributed by atoms with E-state index >= 15 is 0 Å². The van der Waals surface area contributed by atoms with Gasteiger partial charge in [-0.3, -0.25) is 9.97 Å². The summed E-state index contributed by atoms with van der Waals surface area (Å²) in [5, 5.41) is 5.54. The van der Waals surface area contributed by atoms with Crippen molar-refractivity contribution in [3.8, 4) is 0 Å². The van der Waals surface area contributed by atoms with Crippen molar-refractivity contribution in [3.63, 3.8) is 0 Å². The van der Waals surface area contributed by atoms with Crippen LogP contribution in [0, 0.1) is 0 Å². The molecule has 2 N–H and O–H groups in total. The van der Waals surface area contributed by atoms with Gasteiger partial charge in [0.1, 0.15) is 0 Å². The highest BCUT2D eigenvalue weighted by molar-refractivity contribution is 5.89. The maximum atomic E-state index is 11.7. The van der Waals surface area contributed by atoms with Gasteiger partial charge in [0.05, 0.1) is 17.9 Å². The Kier molecular flexibility index (Phi) is 3.86. The molecule has 2 aromatic rings. The zero-order valence-corrected chi connectivity index (χ0v) is 10.00. The van der Waals surface area contributed by atoms with Gasteiger partial charge in [0, 0.05) is 18.6 Å². The number of anilines is 1. The van der Waals surface area contributed by atoms with Gasteiger partial charge in [0.25, 0.3) is 0 Å². The van der Waals surface area contributed by atoms with Crippen molar-refractivity contribution in [2.75, 3.05) is 5.32 Å². The van der Waals surface area contributed by atoms with Crippen molar-refractivity contribution in [3.05, 3.63) is 54.6 Å². The van der Waals surface area contributed by atoms with E-state index in [9.17, 15) is 4.79 Å². The van der Waals surface area contributed by atoms with Crippen molar-refractivity contribution in [2.45, 2.75) is 13.0 Å². The van der Waals surface area contributed by atoms with Gasteiger partial charge in [0.2, 0.25) is 0 Å². The predicted molar refractivity (Wildman–Crippen MR) is 69.0 cm³/mol. The maximum absolute atomic E-state index is 11.7. The Morgan fingerprint density at radius 3 is 2.50 bits per heavy atom. The van der Waals surface area contributed by atoms with E-state index in [-0.39, 0.29) is 12.1 Å². The van der Waals surface area contributed by atoms with Crippen molar-refractivity contribution in [2.24, 2.45) is 0 Å². The second kappa shape index (κ2) is 5.77. The summed E-state index contributed by atoms with van der Waals surface area (Å²) in [7, 11) is 0. The Balaban J connectivity index is 1.92. The fourth-order valence-corrected chi connectivity index (χ4v) is 1.52. The second-order valence-corrected chi connectivity index (χ2v) is 3.85. The molecule has 0 aliphatic carbocycles. The summed E-state index contributed by atoms with van der Waals surface area (Å²) in [4.78, 5) is 19.7. The van der Waals surface area contributed by atoms with Crippen LogP contribution in [-0.4, -0.2) is 16.0 Å². The summed E-state index contributed by atoms with van der Waals surface area (Å²) in [6.45, 7) is 1.90. The lowest BCUT2D eigenvalue weighted by molar-refractivity contribution is 0.249. The molecule has 92 valence electrons. The number of hydrogen-bond acceptors (Lipinski definition) is 3. The van der Waals surface area contributed by atoms with Crippen LogP contribution < -0.4 is 10.6 Å². The molecule has 1 unspecified atom stereocenters. The summed E-state index contributed by atoms with van der Waals surface area (Å²) in [5.74, 6) is 0. The van der Waals surface area contributed by atoms with Crippen LogP contribution in [-0.2, 0) is 0 Å². The highest BCUT2D eigenvalue weighted by Crippen LogP contribution is 2.10. The first-order valence-corrected chi connectivity index (χ1v) is 5.63. The van der Waals surface area contributed by atoms with Crippen LogP contribution in [0.4, 0.5) is 10.5 Å². The van der Waals surface area contributed by atoms with Gasteiger partial charge in [-0.05, 0) is 30.7 Å². The highest BCUT2D eigenvalue weighted by Gasteiger charge is 2.09. The molecule has 0 aliphatic heterocycles. The van der Waals surface area contributed by atoms with E-state index in [1.165, 1.54) is 0 Å². The van der Waals surface area contributed by atoms with E-state index in [1.54, 1.807) is 36.9 Å². The van der Waals surface area contributed by atoms with Gasteiger partial charge in [-0.15, -0.1) is 0 Å². The molecule has 0 spiro atoms. The largest absolute Gasteiger partial charge is 0.331 e. The van der Waals surface area contributed by atoms with Crippen LogP contribution in [0.25, 0.3) is 0 Å². The number of carbonyl (C=O) groups is 1. The molecule has 0 aliphatic rings. The third-order valence-electron chi connectivity index (χ3n) is 2.45. The molecule has 2 amide bonds. The molecule has 5 heteroatoms. The lowest BCUT2D eigenvalue weighted by Crippen LogP contribution is -2.31. The fraction of sp³-hybridized carbons (Fsp3) is 0.154. The number of aromatic nitrogens is 2. The molecule has 0 fully saturated rings. The molecule has 0 radical (unpaired) electrons. The number of rotatable bonds is 3. The number of hydrogen-bond donors (Lipinski definition) is 2. The molecular formula is C13H14N4O. The van der Waals surface area contributed by atoms with E-state index < -0.39 is 0 Å². The predicted octanol–water partition coefficient (Wildman–Crippen LogP) is 2.36. The number of nitrogens with one attached hydrogen (secondary N) is 2. The quantitative estimate of drug-likeness (QED) is 0.868. The smallest absolute Gasteiger partial charge is 0.319 e. The van der Waals surface area contributed by atoms with Crippen molar-refractivity contribution < 1.29 is 4.79 Å². The molecule has 5 nitrogen and oxygen atoms in total. The van der Waals surface area contributed by atoms with Gasteiger partial charge >= 0.3 is 6.03 Å². The SMILES string of the molecule is CC(NC(=O)Nc1cccnc1)c1cccnc1. The zero-order chi connectivity index (χ0) is 12.8. The lowest BCUT2D eigenvalue weighted by atomic mass is 10.1. The summed E-state index contributed by atoms with van der Waals surface area (Å²) in [5.41, 5.74) is 1.62. The molecule has 0 saturated heterocycles. The summed E-state index contributed by atoms with van der Waals surface area (Å²) in [6, 6.07) is 6.94. The van der Waals surface area contributed by atoms with Crippen molar-refractivity contribution in [1.29, 1.82) is 0 Å². The first-order chi connectivity index (χ1) is 8.75. The normalized spacial score (nSPS) is 11.6. The second-order valence-electron chi connectivity index (χ2n) is 3.85. The third kappa shape index (κ3) is 3.28. The first kappa shape index (κ1) is 12.0. The molecule has 1 atom stereocenters. The Bertz CT molecular complexity index is 501. The summed E-state index contributed by atoms with van der Waals surface area (Å²) < 4.78 is 0. The average Bonchev–Trinajstić information content (AvgIpc) is 2.40. The lowest BCUT2D eigenvalue weighted by Gasteiger charge is -2.14. The van der Waals surface area contributed by atoms with E-state index in [0.29, 0.717) is 5.69 Å². The Morgan fingerprint density at radius 2 is 1.89 bits per heavy atom. The molecule has 2 heterocycles. The minimum atomic E-state index is -0.264. The number of urea groups is 1. The molecule has 2 rings (SSSR count). The minimum Gasteiger partial charge on any atom is -0.331 e. The summed E-state index contributed by atoms with van der Waals surface area (Å²) >= 11 is 0. The highest BCUT2D eigenvalue weighted by atomic mass is 16.2. The number of pyridine rings is 2. The Morgan fingerprint density at radius 1 is 1.17 bits per heavy atom. The van der Waals surface area contributed by atoms with Gasteiger partial charge in [-0.25, -0.2) is 4.79 Å². The van der Waals surface area contributed by atoms with E-state index in [0.717, 1.165) is 5.56 Å². The van der Waals surface area contributed by atoms with Gasteiger partial charge in [0.15, 0.2) is 0 Å². The van der Waals surface area contributed by atoms with Crippen molar-refractivity contribution >= 4 is 11.7 Å². The zero-order valence-electron chi connectivity index (χ0n) is 10.00. The number of nitrogens with zero attached hydrogens (tertiary/aromatic N) is 2. The monoisotopic (exact) mass is 242 g/mol. The van der Waals surface area contributed by atoms with Gasteiger partial charge in [-0.2, -0.15) is 0 Å². The fourth-order valence-electron chi connectivity index (χ4n) is 1.52. The van der Waals surface area contributed by atoms with Crippen LogP contribution in [0.15, 0.2) is 49.1 Å². The van der Waals surface area contributed by atoms with E-state index in [4.69, 9.17) is 0 Å². The molecular weight excluding hydrogens is 228 g/mol. The average molecular weight is 242 g/mol. The van der Waals surface area contributed by atoms with Gasteiger partial charge < -0.3 is 10.6 Å². The molecule has 0 saturated carbocycles. The topological polar surface area (TPSA) is 66.9 Å². The summed E-state index contributed by atoms with van der Waals surface area (Å²) in [6.07, 6.45) is 6.68. The Labute approximate surface area is 105 Å². The minimum absolute atomic E-state index is 0.102. The van der Waals surface area contributed by atoms with Crippen LogP contribution in [0.2, 0.25) is 0 Å². The van der Waals surface area contributed by atoms with Crippen LogP contribution in [0.1, 0.15) is 18.5 Å². The number of carbonyl (C=O) groups excluding carboxylic acids is 1. The number of amides is 2. The molecule has 18 heavy (non-hydrogen) atoms. The van der Waals surface area contributed by atoms with Crippen LogP contribution in [0.5, 0.6) is 0 Å². The van der Waals surface area contributed by atoms with E-state index in [2.05, 4.69) is 20.6 Å². The van der Waals surface area contributed by atoms with Gasteiger partial charge in [-0.1, -0.05) is 6.07 Å². The Hall–Kier alpha value is -2.43. The van der Waals surface area contributed by atoms with Crippen LogP contribution in [0.3, 0.4) is 0 Å². The third-order valence-corrected chi connectivity index (χ3v) is 2.45. The molecule has 0 bridgehead atoms. The molecule has 2 aromatic heterocycles. The maximum Gasteiger partial charge on any atom is 0.319 e. The first-order valence-electron chi connectivity index (χ1n) is 5.63. The van der Waals surface area contributed by atoms with Crippen LogP contribution >= 0.6 is 0 Å². The van der Waals surface area contributed by atoms with Crippen molar-refractivity contribution in [1.82, 2.24) is 15.3 Å².